The van der Waals surface area contributed by atoms with Gasteiger partial charge in [0.25, 0.3) is 11.8 Å². The lowest BCUT2D eigenvalue weighted by Crippen LogP contribution is -2.25. The molecule has 20 nitrogen and oxygen atoms in total. The topological polar surface area (TPSA) is 250 Å². The molecule has 316 valence electrons. The molecule has 0 spiro atoms. The molecule has 0 fully saturated rings. The van der Waals surface area contributed by atoms with Gasteiger partial charge in [0.2, 0.25) is 23.7 Å². The van der Waals surface area contributed by atoms with E-state index in [1.54, 1.807) is 63.7 Å². The molecule has 6 N–H and O–H groups in total. The van der Waals surface area contributed by atoms with E-state index in [1.807, 2.05) is 33.0 Å². The van der Waals surface area contributed by atoms with Gasteiger partial charge >= 0.3 is 0 Å². The fourth-order valence-electron chi connectivity index (χ4n) is 6.67. The average Bonchev–Trinajstić information content (AvgIpc) is 3.98. The maximum absolute atomic E-state index is 13.7. The summed E-state index contributed by atoms with van der Waals surface area (Å²) in [6.45, 7) is 11.1. The first-order valence-electron chi connectivity index (χ1n) is 19.5. The number of aryl methyl sites for hydroxylation is 4. The lowest BCUT2D eigenvalue weighted by atomic mass is 10.1. The molecule has 0 atom stereocenters. The fourth-order valence-corrected chi connectivity index (χ4v) is 6.67. The number of pyridine rings is 1. The van der Waals surface area contributed by atoms with Crippen molar-refractivity contribution in [2.75, 3.05) is 51.1 Å². The number of nitrogens with two attached hydrogens (primary N) is 2. The minimum absolute atomic E-state index is 0.162. The van der Waals surface area contributed by atoms with Crippen LogP contribution in [0.5, 0.6) is 5.75 Å². The monoisotopic (exact) mass is 822 g/mol. The van der Waals surface area contributed by atoms with Crippen molar-refractivity contribution >= 4 is 57.7 Å². The summed E-state index contributed by atoms with van der Waals surface area (Å²) in [6, 6.07) is 8.03. The molecule has 6 aromatic rings. The van der Waals surface area contributed by atoms with Crippen LogP contribution < -0.4 is 26.8 Å². The third-order valence-corrected chi connectivity index (χ3v) is 9.64. The highest BCUT2D eigenvalue weighted by atomic mass is 16.5. The summed E-state index contributed by atoms with van der Waals surface area (Å²) in [5, 5.41) is 14.6. The molecular weight excluding hydrogens is 773 g/mol. The third kappa shape index (κ3) is 9.50. The van der Waals surface area contributed by atoms with Crippen LogP contribution in [-0.4, -0.2) is 113 Å². The molecule has 20 heteroatoms. The molecule has 60 heavy (non-hydrogen) atoms. The Hall–Kier alpha value is -6.93. The Balaban J connectivity index is 1.35. The number of primary amides is 2. The summed E-state index contributed by atoms with van der Waals surface area (Å²) in [7, 11) is 3.65. The quantitative estimate of drug-likeness (QED) is 0.0641. The molecule has 0 saturated carbocycles. The maximum atomic E-state index is 13.7. The molecule has 6 rings (SSSR count). The Morgan fingerprint density at radius 2 is 1.33 bits per heavy atom. The molecular formula is C40H50N14O6. The van der Waals surface area contributed by atoms with E-state index in [2.05, 4.69) is 35.7 Å². The highest BCUT2D eigenvalue weighted by molar-refractivity contribution is 6.05. The first-order valence-corrected chi connectivity index (χ1v) is 19.5. The molecule has 0 saturated heterocycles. The summed E-state index contributed by atoms with van der Waals surface area (Å²) < 4.78 is 18.2. The number of benzene rings is 1. The molecule has 5 aromatic heterocycles. The lowest BCUT2D eigenvalue weighted by molar-refractivity contribution is 0.0991. The highest BCUT2D eigenvalue weighted by Gasteiger charge is 2.23. The van der Waals surface area contributed by atoms with Crippen LogP contribution in [0.3, 0.4) is 0 Å². The van der Waals surface area contributed by atoms with Gasteiger partial charge in [-0.3, -0.25) is 43.7 Å². The fraction of sp³-hybridized carbons (Fsp3) is 0.375. The lowest BCUT2D eigenvalue weighted by Gasteiger charge is -2.16. The molecule has 0 aliphatic rings. The molecule has 0 radical (unpaired) electrons. The van der Waals surface area contributed by atoms with E-state index >= 15 is 0 Å². The van der Waals surface area contributed by atoms with Crippen LogP contribution in [0.2, 0.25) is 0 Å². The summed E-state index contributed by atoms with van der Waals surface area (Å²) >= 11 is 0. The second-order valence-electron chi connectivity index (χ2n) is 14.1. The summed E-state index contributed by atoms with van der Waals surface area (Å²) in [5.41, 5.74) is 15.3. The zero-order valence-electron chi connectivity index (χ0n) is 34.6. The largest absolute Gasteiger partial charge is 0.491 e. The van der Waals surface area contributed by atoms with Gasteiger partial charge in [-0.05, 0) is 71.5 Å². The number of carbonyl (C=O) groups excluding carboxylic acids is 4. The highest BCUT2D eigenvalue weighted by Crippen LogP contribution is 2.32. The number of carbonyl (C=O) groups is 4. The van der Waals surface area contributed by atoms with Crippen molar-refractivity contribution in [3.8, 4) is 5.75 Å². The van der Waals surface area contributed by atoms with Crippen molar-refractivity contribution < 1.29 is 28.7 Å². The Labute approximate surface area is 345 Å². The van der Waals surface area contributed by atoms with Crippen LogP contribution in [0.25, 0.3) is 22.2 Å². The van der Waals surface area contributed by atoms with E-state index in [4.69, 9.17) is 25.9 Å². The second-order valence-corrected chi connectivity index (χ2v) is 14.1. The van der Waals surface area contributed by atoms with Crippen LogP contribution in [0.15, 0.2) is 48.7 Å². The maximum Gasteiger partial charge on any atom is 0.276 e. The summed E-state index contributed by atoms with van der Waals surface area (Å²) in [4.78, 5) is 67.7. The van der Waals surface area contributed by atoms with Gasteiger partial charge in [-0.15, -0.1) is 0 Å². The van der Waals surface area contributed by atoms with Crippen molar-refractivity contribution in [2.45, 2.75) is 60.3 Å². The van der Waals surface area contributed by atoms with Gasteiger partial charge in [0.15, 0.2) is 5.65 Å². The molecule has 5 heterocycles. The molecule has 0 unspecified atom stereocenters. The Morgan fingerprint density at radius 1 is 0.767 bits per heavy atom. The number of allylic oxidation sites excluding steroid dienone is 2. The average molecular weight is 823 g/mol. The van der Waals surface area contributed by atoms with Crippen molar-refractivity contribution in [2.24, 2.45) is 11.5 Å². The minimum atomic E-state index is -0.669. The van der Waals surface area contributed by atoms with Gasteiger partial charge in [0.1, 0.15) is 28.2 Å². The first-order chi connectivity index (χ1) is 28.8. The van der Waals surface area contributed by atoms with Gasteiger partial charge in [-0.25, -0.2) is 15.0 Å². The van der Waals surface area contributed by atoms with Gasteiger partial charge in [-0.1, -0.05) is 12.2 Å². The van der Waals surface area contributed by atoms with Crippen LogP contribution in [0.1, 0.15) is 73.3 Å². The van der Waals surface area contributed by atoms with Crippen molar-refractivity contribution in [3.05, 3.63) is 82.6 Å². The van der Waals surface area contributed by atoms with Crippen LogP contribution in [0.4, 0.5) is 11.9 Å². The van der Waals surface area contributed by atoms with E-state index in [-0.39, 0.29) is 36.1 Å². The van der Waals surface area contributed by atoms with Crippen LogP contribution in [-0.2, 0) is 30.9 Å². The normalized spacial score (nSPS) is 11.7. The summed E-state index contributed by atoms with van der Waals surface area (Å²) in [6.07, 6.45) is 5.71. The third-order valence-electron chi connectivity index (χ3n) is 9.64. The van der Waals surface area contributed by atoms with Gasteiger partial charge < -0.3 is 30.4 Å². The van der Waals surface area contributed by atoms with E-state index < -0.39 is 23.6 Å². The number of rotatable bonds is 20. The van der Waals surface area contributed by atoms with E-state index in [1.165, 1.54) is 12.3 Å². The molecule has 0 bridgehead atoms. The number of aromatic nitrogens is 9. The number of nitrogens with zero attached hydrogens (tertiary/aromatic N) is 10. The molecule has 0 aliphatic heterocycles. The Morgan fingerprint density at radius 3 is 1.92 bits per heavy atom. The van der Waals surface area contributed by atoms with E-state index in [0.29, 0.717) is 83.4 Å². The van der Waals surface area contributed by atoms with Gasteiger partial charge in [0.05, 0.1) is 35.7 Å². The smallest absolute Gasteiger partial charge is 0.276 e. The predicted molar refractivity (Wildman–Crippen MR) is 224 cm³/mol. The number of nitrogens with one attached hydrogen (secondary N) is 2. The van der Waals surface area contributed by atoms with E-state index in [9.17, 15) is 19.2 Å². The number of ether oxygens (including phenoxy) is 2. The van der Waals surface area contributed by atoms with Crippen molar-refractivity contribution in [1.29, 1.82) is 0 Å². The number of hydrogen-bond donors (Lipinski definition) is 4. The van der Waals surface area contributed by atoms with Crippen molar-refractivity contribution in [3.63, 3.8) is 0 Å². The number of fused-ring (bicyclic) bond motifs is 2. The zero-order valence-corrected chi connectivity index (χ0v) is 34.6. The van der Waals surface area contributed by atoms with Crippen molar-refractivity contribution in [1.82, 2.24) is 48.5 Å². The second kappa shape index (κ2) is 18.8. The zero-order chi connectivity index (χ0) is 43.1. The predicted octanol–water partition coefficient (Wildman–Crippen LogP) is 3.14. The number of amides is 4. The number of anilines is 2. The molecule has 0 aliphatic carbocycles. The molecule has 1 aromatic carbocycles. The minimum Gasteiger partial charge on any atom is -0.491 e. The summed E-state index contributed by atoms with van der Waals surface area (Å²) in [5.74, 6) is -1.46. The number of methoxy groups -OCH3 is 1. The molecule has 4 amide bonds. The Bertz CT molecular complexity index is 2580. The standard InChI is InChI=1S/C40H50N14O6/c1-7-53-30(18-24(3)48-53)37(57)46-39-44-28-20-26(34(41)55)22-32(60-16-11-12-50(5)15-17-59-6)33(28)51(39)13-9-10-14-52-36-29(21-27(23-43-36)35(42)56)45-40(52)47-38(58)31-19-25(4)49-54(31)8-2/h9-10,18-23H,7-8,11-17H2,1-6H3,(H2,41,55)(H2,42,56)(H,44,46,57)(H,45,47,58)/b10-9+. The Kier molecular flexibility index (Phi) is 13.3. The first kappa shape index (κ1) is 42.7. The number of hydrogen-bond acceptors (Lipinski definition) is 12. The van der Waals surface area contributed by atoms with Crippen LogP contribution in [0, 0.1) is 13.8 Å². The van der Waals surface area contributed by atoms with Gasteiger partial charge in [0, 0.05) is 58.1 Å². The number of imidazole rings is 2. The SMILES string of the molecule is CCn1nc(C)cc1C(=O)Nc1nc2cc(C(N)=O)cnc2n1C/C=C/Cn1c(NC(=O)c2cc(C)nn2CC)nc2cc(C(N)=O)cc(OCCCN(C)CCOC)c21. The number of likely N-dealkylation sites (N-methyl/N-ethyl adjacent to an activating group) is 1. The van der Waals surface area contributed by atoms with E-state index in [0.717, 1.165) is 13.1 Å². The van der Waals surface area contributed by atoms with Crippen LogP contribution >= 0.6 is 0 Å². The van der Waals surface area contributed by atoms with Gasteiger partial charge in [-0.2, -0.15) is 10.2 Å².